The van der Waals surface area contributed by atoms with Crippen LogP contribution >= 0.6 is 0 Å². The summed E-state index contributed by atoms with van der Waals surface area (Å²) in [5.41, 5.74) is 18.6. The number of benzene rings is 4. The number of anilines is 2. The van der Waals surface area contributed by atoms with Gasteiger partial charge < -0.3 is 11.5 Å². The number of nitrogen functional groups attached to an aromatic ring is 2. The van der Waals surface area contributed by atoms with Crippen molar-refractivity contribution in [3.63, 3.8) is 0 Å². The maximum atomic E-state index is 5.87. The van der Waals surface area contributed by atoms with Crippen LogP contribution in [0.4, 0.5) is 11.4 Å². The van der Waals surface area contributed by atoms with E-state index in [0.717, 1.165) is 33.7 Å². The Morgan fingerprint density at radius 1 is 0.400 bits per heavy atom. The highest BCUT2D eigenvalue weighted by molar-refractivity contribution is 6.15. The number of hydrogen-bond acceptors (Lipinski definition) is 4. The minimum atomic E-state index is 0.710. The fourth-order valence-corrected chi connectivity index (χ4v) is 3.14. The fraction of sp³-hybridized carbons (Fsp3) is 0. The van der Waals surface area contributed by atoms with Crippen molar-refractivity contribution in [2.75, 3.05) is 11.5 Å². The summed E-state index contributed by atoms with van der Waals surface area (Å²) in [5, 5.41) is 9.40. The van der Waals surface area contributed by atoms with Crippen molar-refractivity contribution in [3.05, 3.63) is 131 Å². The first-order chi connectivity index (χ1) is 14.7. The van der Waals surface area contributed by atoms with Crippen molar-refractivity contribution >= 4 is 22.8 Å². The Kier molecular flexibility index (Phi) is 5.67. The molecular weight excluding hydrogens is 368 g/mol. The minimum Gasteiger partial charge on any atom is -0.399 e. The highest BCUT2D eigenvalue weighted by Crippen LogP contribution is 2.17. The van der Waals surface area contributed by atoms with Crippen LogP contribution in [-0.4, -0.2) is 11.4 Å². The van der Waals surface area contributed by atoms with Gasteiger partial charge in [-0.3, -0.25) is 0 Å². The van der Waals surface area contributed by atoms with Gasteiger partial charge in [-0.1, -0.05) is 84.9 Å². The summed E-state index contributed by atoms with van der Waals surface area (Å²) >= 11 is 0. The molecule has 0 heterocycles. The van der Waals surface area contributed by atoms with Gasteiger partial charge in [0, 0.05) is 33.6 Å². The highest BCUT2D eigenvalue weighted by Gasteiger charge is 2.10. The quantitative estimate of drug-likeness (QED) is 0.281. The van der Waals surface area contributed by atoms with Gasteiger partial charge >= 0.3 is 0 Å². The molecule has 0 saturated carbocycles. The predicted octanol–water partition coefficient (Wildman–Crippen LogP) is 5.14. The summed E-state index contributed by atoms with van der Waals surface area (Å²) in [4.78, 5) is 0. The van der Waals surface area contributed by atoms with Crippen LogP contribution in [0.1, 0.15) is 22.3 Å². The summed E-state index contributed by atoms with van der Waals surface area (Å²) in [6.45, 7) is 0. The first-order valence-corrected chi connectivity index (χ1v) is 9.69. The minimum absolute atomic E-state index is 0.710. The van der Waals surface area contributed by atoms with Crippen LogP contribution in [0, 0.1) is 0 Å². The Bertz CT molecular complexity index is 1060. The van der Waals surface area contributed by atoms with Crippen molar-refractivity contribution in [3.8, 4) is 0 Å². The van der Waals surface area contributed by atoms with Gasteiger partial charge in [-0.15, -0.1) is 10.2 Å². The molecule has 0 unspecified atom stereocenters. The van der Waals surface area contributed by atoms with Crippen molar-refractivity contribution in [2.24, 2.45) is 10.2 Å². The van der Waals surface area contributed by atoms with E-state index in [9.17, 15) is 0 Å². The van der Waals surface area contributed by atoms with Crippen LogP contribution in [0.5, 0.6) is 0 Å². The first kappa shape index (κ1) is 19.2. The van der Waals surface area contributed by atoms with Crippen molar-refractivity contribution in [2.45, 2.75) is 0 Å². The van der Waals surface area contributed by atoms with E-state index >= 15 is 0 Å². The topological polar surface area (TPSA) is 76.8 Å². The second kappa shape index (κ2) is 8.88. The number of hydrogen-bond donors (Lipinski definition) is 2. The van der Waals surface area contributed by atoms with Gasteiger partial charge in [0.2, 0.25) is 0 Å². The summed E-state index contributed by atoms with van der Waals surface area (Å²) in [5.74, 6) is 0. The molecule has 0 aromatic heterocycles. The average molecular weight is 390 g/mol. The largest absolute Gasteiger partial charge is 0.399 e. The van der Waals surface area contributed by atoms with E-state index in [0.29, 0.717) is 11.4 Å². The van der Waals surface area contributed by atoms with Crippen LogP contribution in [0.15, 0.2) is 119 Å². The highest BCUT2D eigenvalue weighted by atomic mass is 15.2. The van der Waals surface area contributed by atoms with Gasteiger partial charge in [0.15, 0.2) is 0 Å². The Hall–Kier alpha value is -4.18. The molecule has 0 aliphatic rings. The molecular formula is C26H22N4. The van der Waals surface area contributed by atoms with E-state index in [4.69, 9.17) is 21.7 Å². The second-order valence-electron chi connectivity index (χ2n) is 6.87. The predicted molar refractivity (Wildman–Crippen MR) is 126 cm³/mol. The zero-order chi connectivity index (χ0) is 20.8. The third kappa shape index (κ3) is 4.45. The molecule has 4 N–H and O–H groups in total. The molecule has 0 saturated heterocycles. The summed E-state index contributed by atoms with van der Waals surface area (Å²) in [6.07, 6.45) is 0. The van der Waals surface area contributed by atoms with E-state index in [1.807, 2.05) is 109 Å². The molecule has 0 amide bonds. The molecule has 30 heavy (non-hydrogen) atoms. The van der Waals surface area contributed by atoms with E-state index in [1.54, 1.807) is 0 Å². The molecule has 4 heteroatoms. The van der Waals surface area contributed by atoms with E-state index < -0.39 is 0 Å². The van der Waals surface area contributed by atoms with Crippen LogP contribution in [0.2, 0.25) is 0 Å². The summed E-state index contributed by atoms with van der Waals surface area (Å²) in [7, 11) is 0. The van der Waals surface area contributed by atoms with Crippen LogP contribution in [0.3, 0.4) is 0 Å². The molecule has 146 valence electrons. The van der Waals surface area contributed by atoms with E-state index in [1.165, 1.54) is 0 Å². The molecule has 4 rings (SSSR count). The lowest BCUT2D eigenvalue weighted by Gasteiger charge is -2.09. The first-order valence-electron chi connectivity index (χ1n) is 9.69. The Morgan fingerprint density at radius 2 is 0.700 bits per heavy atom. The molecule has 4 aromatic rings. The second-order valence-corrected chi connectivity index (χ2v) is 6.87. The SMILES string of the molecule is Nc1ccc(/C(=N/N=C(\c2ccccc2)c2ccc(N)cc2)c2ccccc2)cc1. The van der Waals surface area contributed by atoms with Gasteiger partial charge in [0.25, 0.3) is 0 Å². The number of nitrogens with zero attached hydrogens (tertiary/aromatic N) is 2. The van der Waals surface area contributed by atoms with Crippen molar-refractivity contribution < 1.29 is 0 Å². The van der Waals surface area contributed by atoms with Crippen molar-refractivity contribution in [1.29, 1.82) is 0 Å². The van der Waals surface area contributed by atoms with E-state index in [-0.39, 0.29) is 0 Å². The lowest BCUT2D eigenvalue weighted by atomic mass is 10.0. The maximum Gasteiger partial charge on any atom is 0.100 e. The number of rotatable bonds is 5. The fourth-order valence-electron chi connectivity index (χ4n) is 3.14. The summed E-state index contributed by atoms with van der Waals surface area (Å²) in [6, 6.07) is 35.3. The van der Waals surface area contributed by atoms with Gasteiger partial charge in [0.05, 0.1) is 0 Å². The lowest BCUT2D eigenvalue weighted by Crippen LogP contribution is -2.06. The molecule has 0 spiro atoms. The molecule has 4 aromatic carbocycles. The van der Waals surface area contributed by atoms with Gasteiger partial charge in [-0.05, 0) is 24.3 Å². The van der Waals surface area contributed by atoms with Gasteiger partial charge in [-0.25, -0.2) is 0 Å². The monoisotopic (exact) mass is 390 g/mol. The zero-order valence-corrected chi connectivity index (χ0v) is 16.4. The third-order valence-corrected chi connectivity index (χ3v) is 4.71. The lowest BCUT2D eigenvalue weighted by molar-refractivity contribution is 1.22. The summed E-state index contributed by atoms with van der Waals surface area (Å²) < 4.78 is 0. The van der Waals surface area contributed by atoms with Crippen LogP contribution < -0.4 is 11.5 Å². The van der Waals surface area contributed by atoms with Crippen LogP contribution in [0.25, 0.3) is 0 Å². The van der Waals surface area contributed by atoms with Gasteiger partial charge in [-0.2, -0.15) is 0 Å². The molecule has 4 nitrogen and oxygen atoms in total. The average Bonchev–Trinajstić information content (AvgIpc) is 2.80. The smallest absolute Gasteiger partial charge is 0.100 e. The van der Waals surface area contributed by atoms with Crippen LogP contribution in [-0.2, 0) is 0 Å². The molecule has 0 aliphatic carbocycles. The van der Waals surface area contributed by atoms with Crippen molar-refractivity contribution in [1.82, 2.24) is 0 Å². The maximum absolute atomic E-state index is 5.87. The Labute approximate surface area is 176 Å². The molecule has 0 fully saturated rings. The molecule has 0 atom stereocenters. The van der Waals surface area contributed by atoms with E-state index in [2.05, 4.69) is 0 Å². The Morgan fingerprint density at radius 3 is 1.03 bits per heavy atom. The third-order valence-electron chi connectivity index (χ3n) is 4.71. The molecule has 0 bridgehead atoms. The Balaban J connectivity index is 1.87. The van der Waals surface area contributed by atoms with Gasteiger partial charge in [0.1, 0.15) is 11.4 Å². The molecule has 0 radical (unpaired) electrons. The number of nitrogens with two attached hydrogens (primary N) is 2. The molecule has 0 aliphatic heterocycles. The normalized spacial score (nSPS) is 12.0. The zero-order valence-electron chi connectivity index (χ0n) is 16.4. The standard InChI is InChI=1S/C26H22N4/c27-23-15-11-21(12-16-23)25(19-7-3-1-4-8-19)29-30-26(20-9-5-2-6-10-20)22-13-17-24(28)18-14-22/h1-18H,27-28H2/b29-25+,30-26+.